The number of nitrogens with two attached hydrogens (primary N) is 3. The van der Waals surface area contributed by atoms with Crippen LogP contribution in [0, 0.1) is 0 Å². The van der Waals surface area contributed by atoms with Crippen molar-refractivity contribution >= 4 is 127 Å². The quantitative estimate of drug-likeness (QED) is 0.122. The Kier molecular flexibility index (Phi) is 21.8. The number of anilines is 5. The second kappa shape index (κ2) is 31.5. The van der Waals surface area contributed by atoms with E-state index in [0.717, 1.165) is 134 Å². The maximum Gasteiger partial charge on any atom is 0.228 e. The fraction of sp³-hybridized carbons (Fsp3) is 0.450. The van der Waals surface area contributed by atoms with Gasteiger partial charge in [-0.3, -0.25) is 4.79 Å². The van der Waals surface area contributed by atoms with Crippen molar-refractivity contribution in [2.75, 3.05) is 146 Å². The van der Waals surface area contributed by atoms with E-state index >= 15 is 0 Å². The largest absolute Gasteiger partial charge is 0.379 e. The topological polar surface area (TPSA) is 418 Å². The summed E-state index contributed by atoms with van der Waals surface area (Å²) in [7, 11) is 0. The summed E-state index contributed by atoms with van der Waals surface area (Å²) in [6, 6.07) is 0.745. The molecule has 18 heterocycles. The normalized spacial score (nSPS) is 19.9. The Hall–Kier alpha value is -9.01. The van der Waals surface area contributed by atoms with Crippen molar-refractivity contribution in [1.82, 2.24) is 109 Å². The fourth-order valence-corrected chi connectivity index (χ4v) is 12.4. The predicted molar refractivity (Wildman–Crippen MR) is 364 cm³/mol. The summed E-state index contributed by atoms with van der Waals surface area (Å²) >= 11 is 17.8. The number of nitrogens with zero attached hydrogens (tertiary/aromatic N) is 24. The Morgan fingerprint density at radius 3 is 1.03 bits per heavy atom. The van der Waals surface area contributed by atoms with E-state index in [1.54, 1.807) is 49.6 Å². The molecule has 0 aliphatic carbocycles. The lowest BCUT2D eigenvalue weighted by molar-refractivity contribution is -0.117. The molecule has 11 aromatic rings. The van der Waals surface area contributed by atoms with Crippen LogP contribution in [0.2, 0.25) is 15.7 Å². The smallest absolute Gasteiger partial charge is 0.228 e. The Labute approximate surface area is 584 Å². The fourth-order valence-electron chi connectivity index (χ4n) is 11.8. The summed E-state index contributed by atoms with van der Waals surface area (Å²) in [4.78, 5) is 74.8. The molecule has 0 saturated carbocycles. The van der Waals surface area contributed by atoms with Crippen LogP contribution in [-0.2, 0) is 38.0 Å². The molecule has 7 saturated heterocycles. The van der Waals surface area contributed by atoms with E-state index in [1.807, 2.05) is 31.1 Å². The summed E-state index contributed by atoms with van der Waals surface area (Å²) < 4.78 is 45.0. The highest BCUT2D eigenvalue weighted by Gasteiger charge is 2.29. The number of nitrogen functional groups attached to an aromatic ring is 3. The number of carbonyl (C=O) groups excluding carboxylic acids is 1. The third-order valence-electron chi connectivity index (χ3n) is 16.9. The lowest BCUT2D eigenvalue weighted by Crippen LogP contribution is -2.37. The van der Waals surface area contributed by atoms with Gasteiger partial charge in [-0.15, -0.1) is 12.4 Å². The van der Waals surface area contributed by atoms with Crippen LogP contribution in [0.25, 0.3) is 77.9 Å². The van der Waals surface area contributed by atoms with Gasteiger partial charge in [0.05, 0.1) is 147 Å². The third kappa shape index (κ3) is 15.6. The van der Waals surface area contributed by atoms with E-state index in [4.69, 9.17) is 105 Å². The Morgan fingerprint density at radius 2 is 0.707 bits per heavy atom. The summed E-state index contributed by atoms with van der Waals surface area (Å²) in [5, 5.41) is 21.8. The summed E-state index contributed by atoms with van der Waals surface area (Å²) in [6.07, 6.45) is 21.3. The van der Waals surface area contributed by atoms with Crippen molar-refractivity contribution in [3.63, 3.8) is 0 Å². The molecule has 7 aliphatic heterocycles. The molecule has 18 rings (SSSR count). The highest BCUT2D eigenvalue weighted by molar-refractivity contribution is 6.35. The first-order valence-electron chi connectivity index (χ1n) is 31.7. The van der Waals surface area contributed by atoms with Crippen molar-refractivity contribution in [3.8, 4) is 33.8 Å². The molecule has 6 N–H and O–H groups in total. The zero-order chi connectivity index (χ0) is 67.1. The minimum atomic E-state index is 0. The number of morpholine rings is 2. The number of ketones is 1. The first-order chi connectivity index (χ1) is 48.0. The molecule has 39 heteroatoms. The molecule has 99 heavy (non-hydrogen) atoms. The average Bonchev–Trinajstić information content (AvgIpc) is 1.69. The second-order valence-electron chi connectivity index (χ2n) is 23.3. The molecule has 11 aromatic heterocycles. The van der Waals surface area contributed by atoms with Crippen molar-refractivity contribution in [1.29, 1.82) is 0 Å². The summed E-state index contributed by atoms with van der Waals surface area (Å²) in [5.41, 5.74) is 24.2. The van der Waals surface area contributed by atoms with Crippen molar-refractivity contribution in [2.45, 2.75) is 56.3 Å². The standard InChI is InChI=1S/2C17H20N8O2.C13H12ClN7O.C9H8Cl2N4O.C4H6O2.ClH/c2*18-16-19-7-11(8-20-16)14-13-9-21-25(12-1-4-27-10-12)15(13)23-17(22-14)24-2-5-26-6-3-24;14-12-19-10(7-3-16-13(15)17-4-7)9-5-18-21(11(9)20-12)8-1-2-22-6-8;10-7-6-3-12-15(5-1-2-16-4-5)8(6)14-9(11)13-7;5-4-1-2-6-3-4;/h2*7-9,12H,1-6,10H2,(H2,18,19,20);3-5,8H,1-2,6H2,(H2,15,16,17);3,5H,1-2,4H2;1-3H2;1H. The SMILES string of the molecule is Cl.Clc1nc(Cl)c2cnn(C3CCOC3)c2n1.Nc1ncc(-c2nc(Cl)nc3c2cnn3C2CCOC2)cn1.Nc1ncc(-c2nc(N3CCOCC3)nc3c2cnn3C2CCOC2)cn1.Nc1ncc(-c2nc(N3CCOCC3)nc3c2cnn3C2CCOC2)cn1.O=C1CCOC1. The van der Waals surface area contributed by atoms with Gasteiger partial charge in [-0.05, 0) is 48.9 Å². The minimum absolute atomic E-state index is 0. The van der Waals surface area contributed by atoms with E-state index in [9.17, 15) is 4.79 Å². The molecule has 7 aliphatic rings. The number of carbonyl (C=O) groups is 1. The van der Waals surface area contributed by atoms with Gasteiger partial charge >= 0.3 is 0 Å². The molecule has 35 nitrogen and oxygen atoms in total. The molecule has 0 spiro atoms. The minimum Gasteiger partial charge on any atom is -0.379 e. The number of fused-ring (bicyclic) bond motifs is 4. The van der Waals surface area contributed by atoms with E-state index < -0.39 is 0 Å². The van der Waals surface area contributed by atoms with Gasteiger partial charge in [0.15, 0.2) is 28.4 Å². The highest BCUT2D eigenvalue weighted by atomic mass is 35.5. The first-order valence-corrected chi connectivity index (χ1v) is 32.9. The number of Topliss-reactive ketones (excluding diaryl/α,β-unsaturated/α-hetero) is 1. The van der Waals surface area contributed by atoms with E-state index in [2.05, 4.69) is 80.0 Å². The Bertz CT molecular complexity index is 4390. The highest BCUT2D eigenvalue weighted by Crippen LogP contribution is 2.35. The van der Waals surface area contributed by atoms with Crippen LogP contribution in [0.15, 0.2) is 62.0 Å². The molecule has 0 bridgehead atoms. The van der Waals surface area contributed by atoms with E-state index in [1.165, 1.54) is 0 Å². The van der Waals surface area contributed by atoms with Crippen molar-refractivity contribution < 1.29 is 38.0 Å². The Balaban J connectivity index is 0.000000116. The van der Waals surface area contributed by atoms with Crippen LogP contribution in [0.5, 0.6) is 0 Å². The number of ether oxygens (including phenoxy) is 7. The van der Waals surface area contributed by atoms with Crippen LogP contribution in [0.4, 0.5) is 29.7 Å². The number of rotatable bonds is 9. The number of hydrogen-bond acceptors (Lipinski definition) is 31. The van der Waals surface area contributed by atoms with Crippen LogP contribution >= 0.6 is 47.2 Å². The lowest BCUT2D eigenvalue weighted by Gasteiger charge is -2.27. The maximum atomic E-state index is 10.1. The van der Waals surface area contributed by atoms with Gasteiger partial charge in [0.25, 0.3) is 0 Å². The van der Waals surface area contributed by atoms with Crippen molar-refractivity contribution in [2.24, 2.45) is 0 Å². The van der Waals surface area contributed by atoms with Crippen LogP contribution in [0.3, 0.4) is 0 Å². The molecule has 0 aromatic carbocycles. The first kappa shape index (κ1) is 68.5. The molecular weight excluding hydrogens is 1370 g/mol. The second-order valence-corrected chi connectivity index (χ2v) is 24.3. The van der Waals surface area contributed by atoms with Gasteiger partial charge < -0.3 is 60.2 Å². The number of halogens is 4. The van der Waals surface area contributed by atoms with Gasteiger partial charge in [-0.2, -0.15) is 40.3 Å². The van der Waals surface area contributed by atoms with Gasteiger partial charge in [0.2, 0.25) is 40.3 Å². The van der Waals surface area contributed by atoms with Gasteiger partial charge in [-0.25, -0.2) is 68.6 Å². The number of hydrogen-bond donors (Lipinski definition) is 3. The summed E-state index contributed by atoms with van der Waals surface area (Å²) in [5.74, 6) is 2.23. The zero-order valence-electron chi connectivity index (χ0n) is 53.1. The van der Waals surface area contributed by atoms with Gasteiger partial charge in [0.1, 0.15) is 11.8 Å². The average molecular weight is 1440 g/mol. The van der Waals surface area contributed by atoms with E-state index in [-0.39, 0.29) is 70.8 Å². The lowest BCUT2D eigenvalue weighted by atomic mass is 10.2. The van der Waals surface area contributed by atoms with Gasteiger partial charge in [-0.1, -0.05) is 11.6 Å². The molecular formula is C60H67Cl4N27O8. The van der Waals surface area contributed by atoms with Crippen LogP contribution < -0.4 is 27.0 Å². The Morgan fingerprint density at radius 1 is 0.374 bits per heavy atom. The van der Waals surface area contributed by atoms with E-state index in [0.29, 0.717) is 112 Å². The monoisotopic (exact) mass is 1430 g/mol. The third-order valence-corrected chi connectivity index (χ3v) is 17.5. The van der Waals surface area contributed by atoms with Gasteiger partial charge in [0, 0.05) is 113 Å². The molecule has 0 amide bonds. The predicted octanol–water partition coefficient (Wildman–Crippen LogP) is 5.30. The molecule has 4 atom stereocenters. The van der Waals surface area contributed by atoms with Crippen LogP contribution in [0.1, 0.15) is 56.3 Å². The molecule has 4 unspecified atom stereocenters. The molecule has 0 radical (unpaired) electrons. The zero-order valence-corrected chi connectivity index (χ0v) is 56.2. The molecule has 518 valence electrons. The summed E-state index contributed by atoms with van der Waals surface area (Å²) in [6.45, 7) is 12.2. The maximum absolute atomic E-state index is 10.1. The molecule has 7 fully saturated rings. The van der Waals surface area contributed by atoms with Crippen LogP contribution in [-0.4, -0.2) is 233 Å². The number of aromatic nitrogens is 22. The van der Waals surface area contributed by atoms with Crippen molar-refractivity contribution in [3.05, 3.63) is 77.7 Å².